The molecule has 0 spiro atoms. The van der Waals surface area contributed by atoms with E-state index in [1.807, 2.05) is 0 Å². The molecule has 0 saturated heterocycles. The van der Waals surface area contributed by atoms with Crippen molar-refractivity contribution in [2.75, 3.05) is 0 Å². The molecule has 0 heterocycles. The van der Waals surface area contributed by atoms with Gasteiger partial charge >= 0.3 is 12.4 Å². The maximum Gasteiger partial charge on any atom is 0.416 e. The molecule has 0 radical (unpaired) electrons. The van der Waals surface area contributed by atoms with Gasteiger partial charge in [0.25, 0.3) is 0 Å². The van der Waals surface area contributed by atoms with E-state index in [1.165, 1.54) is 0 Å². The van der Waals surface area contributed by atoms with E-state index < -0.39 is 29.5 Å². The van der Waals surface area contributed by atoms with E-state index in [0.29, 0.717) is 6.07 Å². The molecule has 0 bridgehead atoms. The van der Waals surface area contributed by atoms with E-state index in [0.717, 1.165) is 18.2 Å². The number of nitrogens with two attached hydrogens (primary N) is 1. The van der Waals surface area contributed by atoms with Gasteiger partial charge in [-0.2, -0.15) is 26.3 Å². The lowest BCUT2D eigenvalue weighted by molar-refractivity contribution is -0.155. The van der Waals surface area contributed by atoms with Gasteiger partial charge in [0.2, 0.25) is 0 Å². The van der Waals surface area contributed by atoms with Crippen LogP contribution in [0.4, 0.5) is 26.3 Å². The summed E-state index contributed by atoms with van der Waals surface area (Å²) in [6, 6.07) is 0.748. The second-order valence-corrected chi connectivity index (χ2v) is 3.10. The van der Waals surface area contributed by atoms with Crippen LogP contribution < -0.4 is 5.73 Å². The Kier molecular flexibility index (Phi) is 5.26. The van der Waals surface area contributed by atoms with Gasteiger partial charge in [-0.1, -0.05) is 18.2 Å². The SMILES string of the molecule is I.NC(c1ccccc1C(F)(F)F)C(F)(F)F. The van der Waals surface area contributed by atoms with Crippen LogP contribution >= 0.6 is 24.0 Å². The standard InChI is InChI=1S/C9H7F6N.HI/c10-8(11,12)6-4-2-1-3-5(6)7(16)9(13,14)15;/h1-4,7H,16H2;1H. The highest BCUT2D eigenvalue weighted by atomic mass is 127. The summed E-state index contributed by atoms with van der Waals surface area (Å²) in [7, 11) is 0. The molecular formula is C9H8F6IN. The molecule has 1 unspecified atom stereocenters. The Hall–Kier alpha value is -0.510. The van der Waals surface area contributed by atoms with Crippen molar-refractivity contribution in [1.82, 2.24) is 0 Å². The Balaban J connectivity index is 0.00000256. The van der Waals surface area contributed by atoms with Crippen molar-refractivity contribution in [3.05, 3.63) is 35.4 Å². The topological polar surface area (TPSA) is 26.0 Å². The summed E-state index contributed by atoms with van der Waals surface area (Å²) >= 11 is 0. The smallest absolute Gasteiger partial charge is 0.316 e. The van der Waals surface area contributed by atoms with Gasteiger partial charge in [-0.25, -0.2) is 0 Å². The second kappa shape index (κ2) is 5.42. The zero-order valence-electron chi connectivity index (χ0n) is 8.14. The van der Waals surface area contributed by atoms with Gasteiger partial charge in [0.05, 0.1) is 5.56 Å². The Morgan fingerprint density at radius 3 is 1.82 bits per heavy atom. The minimum Gasteiger partial charge on any atom is -0.316 e. The summed E-state index contributed by atoms with van der Waals surface area (Å²) in [6.07, 6.45) is -9.75. The Morgan fingerprint density at radius 1 is 0.941 bits per heavy atom. The molecule has 1 aromatic carbocycles. The molecule has 1 atom stereocenters. The molecule has 1 aromatic rings. The van der Waals surface area contributed by atoms with Crippen LogP contribution in [0.5, 0.6) is 0 Å². The van der Waals surface area contributed by atoms with Gasteiger partial charge < -0.3 is 5.73 Å². The van der Waals surface area contributed by atoms with Crippen molar-refractivity contribution >= 4 is 24.0 Å². The van der Waals surface area contributed by atoms with Crippen LogP contribution in [0, 0.1) is 0 Å². The normalized spacial score (nSPS) is 14.1. The van der Waals surface area contributed by atoms with Crippen molar-refractivity contribution in [2.45, 2.75) is 18.4 Å². The fourth-order valence-corrected chi connectivity index (χ4v) is 1.20. The second-order valence-electron chi connectivity index (χ2n) is 3.10. The first-order valence-electron chi connectivity index (χ1n) is 4.12. The lowest BCUT2D eigenvalue weighted by Crippen LogP contribution is -2.30. The number of benzene rings is 1. The molecule has 17 heavy (non-hydrogen) atoms. The third-order valence-electron chi connectivity index (χ3n) is 1.95. The molecule has 0 amide bonds. The highest BCUT2D eigenvalue weighted by Crippen LogP contribution is 2.38. The van der Waals surface area contributed by atoms with Crippen LogP contribution in [0.2, 0.25) is 0 Å². The van der Waals surface area contributed by atoms with Gasteiger partial charge in [0.15, 0.2) is 0 Å². The third-order valence-corrected chi connectivity index (χ3v) is 1.95. The van der Waals surface area contributed by atoms with E-state index in [1.54, 1.807) is 0 Å². The first-order valence-corrected chi connectivity index (χ1v) is 4.12. The van der Waals surface area contributed by atoms with Crippen LogP contribution in [-0.2, 0) is 6.18 Å². The summed E-state index contributed by atoms with van der Waals surface area (Å²) in [4.78, 5) is 0. The Labute approximate surface area is 110 Å². The molecule has 1 nitrogen and oxygen atoms in total. The number of hydrogen-bond acceptors (Lipinski definition) is 1. The van der Waals surface area contributed by atoms with E-state index in [-0.39, 0.29) is 24.0 Å². The van der Waals surface area contributed by atoms with Crippen molar-refractivity contribution in [3.8, 4) is 0 Å². The lowest BCUT2D eigenvalue weighted by atomic mass is 10.0. The molecule has 98 valence electrons. The van der Waals surface area contributed by atoms with Gasteiger partial charge in [-0.15, -0.1) is 24.0 Å². The van der Waals surface area contributed by atoms with Crippen LogP contribution in [0.3, 0.4) is 0 Å². The van der Waals surface area contributed by atoms with Gasteiger partial charge in [0, 0.05) is 0 Å². The third kappa shape index (κ3) is 4.02. The molecule has 0 aliphatic carbocycles. The number of rotatable bonds is 1. The summed E-state index contributed by atoms with van der Waals surface area (Å²) in [5.41, 5.74) is 2.41. The van der Waals surface area contributed by atoms with Crippen molar-refractivity contribution in [3.63, 3.8) is 0 Å². The highest BCUT2D eigenvalue weighted by Gasteiger charge is 2.43. The zero-order valence-corrected chi connectivity index (χ0v) is 10.5. The predicted molar refractivity (Wildman–Crippen MR) is 59.8 cm³/mol. The molecule has 0 aromatic heterocycles. The first kappa shape index (κ1) is 16.5. The fraction of sp³-hybridized carbons (Fsp3) is 0.333. The minimum atomic E-state index is -4.90. The Morgan fingerprint density at radius 2 is 1.41 bits per heavy atom. The molecule has 2 N–H and O–H groups in total. The zero-order chi connectivity index (χ0) is 12.6. The number of alkyl halides is 6. The van der Waals surface area contributed by atoms with E-state index in [4.69, 9.17) is 5.73 Å². The van der Waals surface area contributed by atoms with E-state index >= 15 is 0 Å². The van der Waals surface area contributed by atoms with Crippen molar-refractivity contribution < 1.29 is 26.3 Å². The molecular weight excluding hydrogens is 363 g/mol. The number of halogens is 7. The molecule has 0 fully saturated rings. The van der Waals surface area contributed by atoms with Crippen LogP contribution in [0.15, 0.2) is 24.3 Å². The van der Waals surface area contributed by atoms with Crippen LogP contribution in [-0.4, -0.2) is 6.18 Å². The molecule has 8 heteroatoms. The van der Waals surface area contributed by atoms with Gasteiger partial charge in [-0.05, 0) is 11.6 Å². The molecule has 0 saturated carbocycles. The lowest BCUT2D eigenvalue weighted by Gasteiger charge is -2.20. The summed E-state index contributed by atoms with van der Waals surface area (Å²) in [6.45, 7) is 0. The minimum absolute atomic E-state index is 0. The van der Waals surface area contributed by atoms with Crippen molar-refractivity contribution in [2.24, 2.45) is 5.73 Å². The molecule has 0 aliphatic heterocycles. The average molecular weight is 371 g/mol. The van der Waals surface area contributed by atoms with Crippen molar-refractivity contribution in [1.29, 1.82) is 0 Å². The highest BCUT2D eigenvalue weighted by molar-refractivity contribution is 14.0. The monoisotopic (exact) mass is 371 g/mol. The average Bonchev–Trinajstić information content (AvgIpc) is 2.14. The van der Waals surface area contributed by atoms with E-state index in [9.17, 15) is 26.3 Å². The Bertz CT molecular complexity index is 372. The number of hydrogen-bond donors (Lipinski definition) is 1. The van der Waals surface area contributed by atoms with E-state index in [2.05, 4.69) is 0 Å². The maximum absolute atomic E-state index is 12.4. The van der Waals surface area contributed by atoms with Gasteiger partial charge in [-0.3, -0.25) is 0 Å². The maximum atomic E-state index is 12.4. The van der Waals surface area contributed by atoms with Crippen LogP contribution in [0.25, 0.3) is 0 Å². The predicted octanol–water partition coefficient (Wildman–Crippen LogP) is 3.89. The largest absolute Gasteiger partial charge is 0.416 e. The first-order chi connectivity index (χ1) is 7.14. The summed E-state index contributed by atoms with van der Waals surface area (Å²) in [5.74, 6) is 0. The quantitative estimate of drug-likeness (QED) is 0.589. The summed E-state index contributed by atoms with van der Waals surface area (Å²) < 4.78 is 73.8. The van der Waals surface area contributed by atoms with Gasteiger partial charge in [0.1, 0.15) is 6.04 Å². The summed E-state index contributed by atoms with van der Waals surface area (Å²) in [5, 5.41) is 0. The fourth-order valence-electron chi connectivity index (χ4n) is 1.20. The molecule has 1 rings (SSSR count). The van der Waals surface area contributed by atoms with Crippen LogP contribution in [0.1, 0.15) is 17.2 Å². The molecule has 0 aliphatic rings.